The van der Waals surface area contributed by atoms with E-state index in [0.717, 1.165) is 30.8 Å². The van der Waals surface area contributed by atoms with Crippen LogP contribution >= 0.6 is 0 Å². The molecule has 3 aliphatic rings. The van der Waals surface area contributed by atoms with Crippen LogP contribution in [0.5, 0.6) is 5.88 Å². The van der Waals surface area contributed by atoms with Gasteiger partial charge in [0.25, 0.3) is 0 Å². The van der Waals surface area contributed by atoms with Crippen molar-refractivity contribution in [3.8, 4) is 17.1 Å². The molecule has 2 saturated heterocycles. The molecule has 1 unspecified atom stereocenters. The fourth-order valence-corrected chi connectivity index (χ4v) is 5.26. The van der Waals surface area contributed by atoms with Gasteiger partial charge in [-0.3, -0.25) is 4.90 Å². The van der Waals surface area contributed by atoms with Gasteiger partial charge in [-0.1, -0.05) is 12.1 Å². The minimum absolute atomic E-state index is 0.128. The van der Waals surface area contributed by atoms with Crippen molar-refractivity contribution >= 4 is 23.2 Å². The van der Waals surface area contributed by atoms with Gasteiger partial charge in [0.1, 0.15) is 12.7 Å². The zero-order chi connectivity index (χ0) is 28.1. The van der Waals surface area contributed by atoms with Gasteiger partial charge in [0, 0.05) is 36.6 Å². The lowest BCUT2D eigenvalue weighted by Gasteiger charge is -2.36. The molecule has 2 atom stereocenters. The molecule has 0 aliphatic carbocycles. The largest absolute Gasteiger partial charge is 0.475 e. The third kappa shape index (κ3) is 5.28. The Labute approximate surface area is 228 Å². The van der Waals surface area contributed by atoms with Gasteiger partial charge in [-0.25, -0.2) is 14.8 Å². The first-order valence-electron chi connectivity index (χ1n) is 13.0. The summed E-state index contributed by atoms with van der Waals surface area (Å²) >= 11 is 0. The van der Waals surface area contributed by atoms with Crippen LogP contribution in [0.2, 0.25) is 0 Å². The second kappa shape index (κ2) is 9.93. The number of amides is 2. The molecule has 12 heteroatoms. The van der Waals surface area contributed by atoms with E-state index in [4.69, 9.17) is 14.2 Å². The Morgan fingerprint density at radius 3 is 2.83 bits per heavy atom. The molecule has 2 fully saturated rings. The quantitative estimate of drug-likeness (QED) is 0.456. The summed E-state index contributed by atoms with van der Waals surface area (Å²) in [6.07, 6.45) is -2.43. The summed E-state index contributed by atoms with van der Waals surface area (Å²) in [4.78, 5) is 26.3. The minimum atomic E-state index is -4.47. The maximum absolute atomic E-state index is 13.6. The van der Waals surface area contributed by atoms with Gasteiger partial charge in [0.15, 0.2) is 11.6 Å². The predicted octanol–water partition coefficient (Wildman–Crippen LogP) is 5.32. The molecule has 0 saturated carbocycles. The molecule has 1 aromatic carbocycles. The lowest BCUT2D eigenvalue weighted by atomic mass is 10.1. The van der Waals surface area contributed by atoms with Gasteiger partial charge in [-0.2, -0.15) is 13.2 Å². The topological polar surface area (TPSA) is 89.1 Å². The summed E-state index contributed by atoms with van der Waals surface area (Å²) in [5.41, 5.74) is 1.16. The van der Waals surface area contributed by atoms with Gasteiger partial charge in [-0.05, 0) is 50.6 Å². The SMILES string of the molecule is CC1(C)OC[C@H](COc2cc(NC(=O)N3c4nc(-c5cccc(C(F)(F)F)c5)ccc4N4CCC3C4)ccn2)O1. The van der Waals surface area contributed by atoms with Crippen molar-refractivity contribution < 1.29 is 32.2 Å². The van der Waals surface area contributed by atoms with E-state index in [0.29, 0.717) is 41.8 Å². The molecule has 6 rings (SSSR count). The average Bonchev–Trinajstić information content (AvgIpc) is 3.50. The van der Waals surface area contributed by atoms with Crippen LogP contribution in [0, 0.1) is 0 Å². The zero-order valence-corrected chi connectivity index (χ0v) is 21.9. The van der Waals surface area contributed by atoms with Gasteiger partial charge < -0.3 is 24.4 Å². The molecule has 3 aliphatic heterocycles. The predicted molar refractivity (Wildman–Crippen MR) is 141 cm³/mol. The highest BCUT2D eigenvalue weighted by molar-refractivity contribution is 6.04. The van der Waals surface area contributed by atoms with Crippen molar-refractivity contribution in [1.82, 2.24) is 9.97 Å². The third-order valence-corrected chi connectivity index (χ3v) is 7.13. The average molecular weight is 556 g/mol. The lowest BCUT2D eigenvalue weighted by molar-refractivity contribution is -0.141. The van der Waals surface area contributed by atoms with Crippen LogP contribution in [0.15, 0.2) is 54.7 Å². The highest BCUT2D eigenvalue weighted by Crippen LogP contribution is 2.41. The van der Waals surface area contributed by atoms with E-state index in [9.17, 15) is 18.0 Å². The molecular weight excluding hydrogens is 527 g/mol. The van der Waals surface area contributed by atoms with Crippen LogP contribution < -0.4 is 19.9 Å². The Morgan fingerprint density at radius 2 is 2.05 bits per heavy atom. The molecule has 1 N–H and O–H groups in total. The van der Waals surface area contributed by atoms with Crippen LogP contribution in [0.25, 0.3) is 11.3 Å². The summed E-state index contributed by atoms with van der Waals surface area (Å²) in [5, 5.41) is 2.91. The van der Waals surface area contributed by atoms with E-state index in [1.807, 2.05) is 19.9 Å². The number of rotatable bonds is 5. The summed E-state index contributed by atoms with van der Waals surface area (Å²) in [6.45, 7) is 5.72. The van der Waals surface area contributed by atoms with Crippen LogP contribution in [-0.2, 0) is 15.7 Å². The van der Waals surface area contributed by atoms with E-state index in [1.165, 1.54) is 12.3 Å². The van der Waals surface area contributed by atoms with Crippen LogP contribution in [0.1, 0.15) is 25.8 Å². The Morgan fingerprint density at radius 1 is 1.20 bits per heavy atom. The molecule has 210 valence electrons. The number of benzene rings is 1. The fourth-order valence-electron chi connectivity index (χ4n) is 5.26. The smallest absolute Gasteiger partial charge is 0.416 e. The highest BCUT2D eigenvalue weighted by Gasteiger charge is 2.40. The first-order chi connectivity index (χ1) is 19.1. The van der Waals surface area contributed by atoms with E-state index in [1.54, 1.807) is 29.2 Å². The van der Waals surface area contributed by atoms with Crippen molar-refractivity contribution in [2.24, 2.45) is 0 Å². The number of urea groups is 1. The van der Waals surface area contributed by atoms with Crippen molar-refractivity contribution in [1.29, 1.82) is 0 Å². The number of alkyl halides is 3. The van der Waals surface area contributed by atoms with Crippen molar-refractivity contribution in [3.05, 3.63) is 60.3 Å². The summed E-state index contributed by atoms with van der Waals surface area (Å²) in [6, 6.07) is 11.3. The summed E-state index contributed by atoms with van der Waals surface area (Å²) in [5.74, 6) is 0.0715. The van der Waals surface area contributed by atoms with E-state index in [2.05, 4.69) is 20.2 Å². The number of ether oxygens (including phenoxy) is 3. The molecule has 3 aromatic rings. The number of fused-ring (bicyclic) bond motifs is 4. The molecule has 5 heterocycles. The Kier molecular flexibility index (Phi) is 6.54. The number of nitrogens with zero attached hydrogens (tertiary/aromatic N) is 4. The van der Waals surface area contributed by atoms with E-state index < -0.39 is 23.6 Å². The van der Waals surface area contributed by atoms with Crippen molar-refractivity contribution in [3.63, 3.8) is 0 Å². The Balaban J connectivity index is 1.22. The molecule has 0 spiro atoms. The number of aromatic nitrogens is 2. The first kappa shape index (κ1) is 26.3. The number of anilines is 3. The Bertz CT molecular complexity index is 1430. The number of nitrogens with one attached hydrogen (secondary N) is 1. The normalized spacial score (nSPS) is 21.3. The van der Waals surface area contributed by atoms with Crippen LogP contribution in [0.4, 0.5) is 35.2 Å². The lowest BCUT2D eigenvalue weighted by Crippen LogP contribution is -2.48. The number of carbonyl (C=O) groups is 1. The molecular formula is C28H28F3N5O4. The molecule has 9 nitrogen and oxygen atoms in total. The van der Waals surface area contributed by atoms with Crippen LogP contribution in [-0.4, -0.2) is 60.2 Å². The van der Waals surface area contributed by atoms with Gasteiger partial charge >= 0.3 is 12.2 Å². The minimum Gasteiger partial charge on any atom is -0.475 e. The fraction of sp³-hybridized carbons (Fsp3) is 0.393. The number of halogens is 3. The maximum Gasteiger partial charge on any atom is 0.416 e. The summed E-state index contributed by atoms with van der Waals surface area (Å²) < 4.78 is 57.0. The standard InChI is InChI=1S/C28H28F3N5O4/c1-27(2)39-16-21(40-27)15-38-24-13-19(8-10-32-24)33-26(37)36-20-9-11-35(14-20)23-7-6-22(34-25(23)36)17-4-3-5-18(12-17)28(29,30)31/h3-8,10,12-13,20-21H,9,11,14-16H2,1-2H3,(H,32,33,37)/t20?,21-/m0/s1. The molecule has 2 aromatic heterocycles. The molecule has 2 bridgehead atoms. The number of pyridine rings is 2. The van der Waals surface area contributed by atoms with E-state index in [-0.39, 0.29) is 18.8 Å². The number of hydrogen-bond donors (Lipinski definition) is 1. The highest BCUT2D eigenvalue weighted by atomic mass is 19.4. The molecule has 0 radical (unpaired) electrons. The zero-order valence-electron chi connectivity index (χ0n) is 21.9. The second-order valence-corrected chi connectivity index (χ2v) is 10.5. The van der Waals surface area contributed by atoms with Crippen LogP contribution in [0.3, 0.4) is 0 Å². The van der Waals surface area contributed by atoms with Gasteiger partial charge in [-0.15, -0.1) is 0 Å². The van der Waals surface area contributed by atoms with Gasteiger partial charge in [0.2, 0.25) is 5.88 Å². The second-order valence-electron chi connectivity index (χ2n) is 10.5. The van der Waals surface area contributed by atoms with Gasteiger partial charge in [0.05, 0.1) is 29.6 Å². The summed E-state index contributed by atoms with van der Waals surface area (Å²) in [7, 11) is 0. The Hall–Kier alpha value is -3.90. The third-order valence-electron chi connectivity index (χ3n) is 7.13. The molecule has 2 amide bonds. The van der Waals surface area contributed by atoms with Crippen molar-refractivity contribution in [2.45, 2.75) is 44.4 Å². The van der Waals surface area contributed by atoms with Crippen molar-refractivity contribution in [2.75, 3.05) is 41.4 Å². The monoisotopic (exact) mass is 555 g/mol. The number of carbonyl (C=O) groups excluding carboxylic acids is 1. The van der Waals surface area contributed by atoms with E-state index >= 15 is 0 Å². The maximum atomic E-state index is 13.6. The number of hydrogen-bond acceptors (Lipinski definition) is 7. The first-order valence-corrected chi connectivity index (χ1v) is 13.0. The molecule has 40 heavy (non-hydrogen) atoms.